The SMILES string of the molecule is CCC(=O)N1CCCC(n2ncc3c(N4CCN(C(=O)[C@H]5CC[C@H](CN(CCOC)C(C)(C)C)CC5)CC4)ncnc32)C1. The minimum absolute atomic E-state index is 0.116. The molecule has 11 heteroatoms. The van der Waals surface area contributed by atoms with Gasteiger partial charge in [0.1, 0.15) is 12.1 Å². The number of piperidine rings is 1. The number of anilines is 1. The number of likely N-dealkylation sites (tertiary alicyclic amines) is 1. The zero-order valence-electron chi connectivity index (χ0n) is 27.0. The van der Waals surface area contributed by atoms with Crippen LogP contribution in [0.4, 0.5) is 5.82 Å². The zero-order valence-corrected chi connectivity index (χ0v) is 27.0. The molecule has 3 fully saturated rings. The van der Waals surface area contributed by atoms with Crippen molar-refractivity contribution in [1.29, 1.82) is 0 Å². The Hall–Kier alpha value is -2.79. The highest BCUT2D eigenvalue weighted by Gasteiger charge is 2.34. The van der Waals surface area contributed by atoms with Crippen molar-refractivity contribution in [2.75, 3.05) is 71.0 Å². The predicted octanol–water partition coefficient (Wildman–Crippen LogP) is 3.60. The van der Waals surface area contributed by atoms with E-state index < -0.39 is 0 Å². The summed E-state index contributed by atoms with van der Waals surface area (Å²) in [5, 5.41) is 5.67. The maximum Gasteiger partial charge on any atom is 0.225 e. The molecule has 2 amide bonds. The van der Waals surface area contributed by atoms with Crippen molar-refractivity contribution in [3.8, 4) is 0 Å². The molecule has 1 saturated carbocycles. The van der Waals surface area contributed by atoms with Crippen molar-refractivity contribution in [1.82, 2.24) is 34.4 Å². The van der Waals surface area contributed by atoms with Gasteiger partial charge in [-0.05, 0) is 65.2 Å². The van der Waals surface area contributed by atoms with Crippen LogP contribution < -0.4 is 4.90 Å². The molecule has 1 atom stereocenters. The van der Waals surface area contributed by atoms with Crippen molar-refractivity contribution < 1.29 is 14.3 Å². The second-order valence-electron chi connectivity index (χ2n) is 13.7. The Morgan fingerprint density at radius 3 is 2.42 bits per heavy atom. The van der Waals surface area contributed by atoms with Crippen LogP contribution in [0.3, 0.4) is 0 Å². The van der Waals surface area contributed by atoms with E-state index in [9.17, 15) is 9.59 Å². The summed E-state index contributed by atoms with van der Waals surface area (Å²) < 4.78 is 7.34. The largest absolute Gasteiger partial charge is 0.383 e. The molecule has 0 radical (unpaired) electrons. The maximum absolute atomic E-state index is 13.5. The van der Waals surface area contributed by atoms with Crippen LogP contribution in [0.15, 0.2) is 12.5 Å². The summed E-state index contributed by atoms with van der Waals surface area (Å²) in [7, 11) is 1.77. The van der Waals surface area contributed by atoms with Gasteiger partial charge >= 0.3 is 0 Å². The lowest BCUT2D eigenvalue weighted by atomic mass is 9.80. The zero-order chi connectivity index (χ0) is 30.6. The lowest BCUT2D eigenvalue weighted by molar-refractivity contribution is -0.137. The Kier molecular flexibility index (Phi) is 10.2. The quantitative estimate of drug-likeness (QED) is 0.433. The number of nitrogens with zero attached hydrogens (tertiary/aromatic N) is 8. The molecule has 2 aromatic heterocycles. The molecule has 238 valence electrons. The van der Waals surface area contributed by atoms with Crippen LogP contribution in [0.25, 0.3) is 11.0 Å². The van der Waals surface area contributed by atoms with E-state index in [1.807, 2.05) is 22.7 Å². The monoisotopic (exact) mass is 596 g/mol. The van der Waals surface area contributed by atoms with E-state index in [-0.39, 0.29) is 23.4 Å². The number of hydrogen-bond acceptors (Lipinski definition) is 8. The lowest BCUT2D eigenvalue weighted by Crippen LogP contribution is -2.51. The first-order valence-corrected chi connectivity index (χ1v) is 16.4. The number of ether oxygens (including phenoxy) is 1. The van der Waals surface area contributed by atoms with Gasteiger partial charge in [-0.25, -0.2) is 14.6 Å². The van der Waals surface area contributed by atoms with Crippen molar-refractivity contribution >= 4 is 28.7 Å². The van der Waals surface area contributed by atoms with Crippen molar-refractivity contribution in [3.63, 3.8) is 0 Å². The van der Waals surface area contributed by atoms with Gasteiger partial charge in [0.2, 0.25) is 11.8 Å². The molecule has 1 unspecified atom stereocenters. The topological polar surface area (TPSA) is 99.9 Å². The smallest absolute Gasteiger partial charge is 0.225 e. The fourth-order valence-corrected chi connectivity index (χ4v) is 7.18. The second kappa shape index (κ2) is 13.9. The molecule has 0 spiro atoms. The van der Waals surface area contributed by atoms with Crippen LogP contribution in [0.1, 0.15) is 78.7 Å². The van der Waals surface area contributed by atoms with E-state index in [1.165, 1.54) is 0 Å². The summed E-state index contributed by atoms with van der Waals surface area (Å²) in [5.74, 6) is 2.19. The fourth-order valence-electron chi connectivity index (χ4n) is 7.18. The van der Waals surface area contributed by atoms with Gasteiger partial charge < -0.3 is 19.4 Å². The highest BCUT2D eigenvalue weighted by atomic mass is 16.5. The summed E-state index contributed by atoms with van der Waals surface area (Å²) in [5.41, 5.74) is 0.939. The molecule has 4 heterocycles. The number of aromatic nitrogens is 4. The standard InChI is InChI=1S/C32H52N8O3/c1-6-28(41)38-13-7-8-26(22-38)40-30-27(20-35-40)29(33-23-34-30)36-14-16-37(17-15-36)31(42)25-11-9-24(10-12-25)21-39(18-19-43-5)32(2,3)4/h20,23-26H,6-19,21-22H2,1-5H3/t24-,25-,26?. The van der Waals surface area contributed by atoms with Crippen LogP contribution in [0.2, 0.25) is 0 Å². The van der Waals surface area contributed by atoms with Gasteiger partial charge in [-0.15, -0.1) is 0 Å². The summed E-state index contributed by atoms with van der Waals surface area (Å²) in [4.78, 5) is 43.9. The van der Waals surface area contributed by atoms with Gasteiger partial charge in [0.15, 0.2) is 5.65 Å². The Balaban J connectivity index is 1.15. The number of carbonyl (C=O) groups is 2. The van der Waals surface area contributed by atoms with Crippen molar-refractivity contribution in [2.45, 2.75) is 84.2 Å². The van der Waals surface area contributed by atoms with E-state index in [0.29, 0.717) is 37.9 Å². The molecular formula is C32H52N8O3. The van der Waals surface area contributed by atoms with Gasteiger partial charge in [-0.1, -0.05) is 6.92 Å². The molecule has 2 saturated heterocycles. The minimum atomic E-state index is 0.116. The summed E-state index contributed by atoms with van der Waals surface area (Å²) >= 11 is 0. The van der Waals surface area contributed by atoms with Gasteiger partial charge in [0, 0.05) is 77.3 Å². The van der Waals surface area contributed by atoms with Crippen LogP contribution in [-0.4, -0.2) is 118 Å². The third-order valence-corrected chi connectivity index (χ3v) is 9.85. The first kappa shape index (κ1) is 31.6. The molecule has 1 aliphatic carbocycles. The van der Waals surface area contributed by atoms with E-state index >= 15 is 0 Å². The molecule has 11 nitrogen and oxygen atoms in total. The Labute approximate surface area is 256 Å². The average molecular weight is 597 g/mol. The number of hydrogen-bond donors (Lipinski definition) is 0. The number of piperazine rings is 1. The van der Waals surface area contributed by atoms with Crippen molar-refractivity contribution in [2.24, 2.45) is 11.8 Å². The van der Waals surface area contributed by atoms with E-state index in [1.54, 1.807) is 13.4 Å². The number of carbonyl (C=O) groups excluding carboxylic acids is 2. The van der Waals surface area contributed by atoms with Gasteiger partial charge in [-0.2, -0.15) is 5.10 Å². The Morgan fingerprint density at radius 2 is 1.74 bits per heavy atom. The molecule has 2 aromatic rings. The van der Waals surface area contributed by atoms with E-state index in [2.05, 4.69) is 45.4 Å². The van der Waals surface area contributed by atoms with Crippen LogP contribution >= 0.6 is 0 Å². The minimum Gasteiger partial charge on any atom is -0.383 e. The molecular weight excluding hydrogens is 544 g/mol. The first-order valence-electron chi connectivity index (χ1n) is 16.4. The van der Waals surface area contributed by atoms with Crippen molar-refractivity contribution in [3.05, 3.63) is 12.5 Å². The fraction of sp³-hybridized carbons (Fsp3) is 0.781. The third-order valence-electron chi connectivity index (χ3n) is 9.85. The summed E-state index contributed by atoms with van der Waals surface area (Å²) in [6, 6.07) is 0.121. The highest BCUT2D eigenvalue weighted by Crippen LogP contribution is 2.33. The van der Waals surface area contributed by atoms with Gasteiger partial charge in [0.05, 0.1) is 24.2 Å². The first-order chi connectivity index (χ1) is 20.7. The number of amides is 2. The molecule has 0 bridgehead atoms. The Morgan fingerprint density at radius 1 is 1.00 bits per heavy atom. The van der Waals surface area contributed by atoms with E-state index in [0.717, 1.165) is 94.7 Å². The normalized spacial score (nSPS) is 23.8. The highest BCUT2D eigenvalue weighted by molar-refractivity contribution is 5.87. The number of methoxy groups -OCH3 is 1. The molecule has 2 aliphatic heterocycles. The molecule has 0 N–H and O–H groups in total. The van der Waals surface area contributed by atoms with Gasteiger partial charge in [0.25, 0.3) is 0 Å². The van der Waals surface area contributed by atoms with Gasteiger partial charge in [-0.3, -0.25) is 14.5 Å². The molecule has 5 rings (SSSR count). The predicted molar refractivity (Wildman–Crippen MR) is 168 cm³/mol. The van der Waals surface area contributed by atoms with Crippen LogP contribution in [0, 0.1) is 11.8 Å². The van der Waals surface area contributed by atoms with Crippen LogP contribution in [0.5, 0.6) is 0 Å². The lowest BCUT2D eigenvalue weighted by Gasteiger charge is -2.41. The van der Waals surface area contributed by atoms with E-state index in [4.69, 9.17) is 9.84 Å². The average Bonchev–Trinajstić information content (AvgIpc) is 3.47. The molecule has 43 heavy (non-hydrogen) atoms. The number of rotatable bonds is 9. The molecule has 3 aliphatic rings. The third kappa shape index (κ3) is 7.30. The van der Waals surface area contributed by atoms with Crippen LogP contribution in [-0.2, 0) is 14.3 Å². The molecule has 0 aromatic carbocycles. The Bertz CT molecular complexity index is 1230. The number of fused-ring (bicyclic) bond motifs is 1. The summed E-state index contributed by atoms with van der Waals surface area (Å²) in [6.45, 7) is 15.9. The summed E-state index contributed by atoms with van der Waals surface area (Å²) in [6.07, 6.45) is 10.2. The maximum atomic E-state index is 13.5. The second-order valence-corrected chi connectivity index (χ2v) is 13.7.